The fourth-order valence-corrected chi connectivity index (χ4v) is 2.54. The molecule has 0 spiro atoms. The molecule has 1 aliphatic carbocycles. The number of aromatic carboxylic acids is 1. The lowest BCUT2D eigenvalue weighted by Crippen LogP contribution is -2.38. The number of amides is 1. The largest absolute Gasteiger partial charge is 0.478 e. The van der Waals surface area contributed by atoms with E-state index in [-0.39, 0.29) is 23.6 Å². The molecule has 5 nitrogen and oxygen atoms in total. The number of carboxylic acids is 1. The van der Waals surface area contributed by atoms with Gasteiger partial charge in [-0.3, -0.25) is 4.79 Å². The maximum absolute atomic E-state index is 13.7. The lowest BCUT2D eigenvalue weighted by molar-refractivity contribution is -0.128. The van der Waals surface area contributed by atoms with Crippen molar-refractivity contribution in [2.75, 3.05) is 0 Å². The number of hydrogen-bond donors (Lipinski definition) is 2. The summed E-state index contributed by atoms with van der Waals surface area (Å²) in [5.74, 6) is -2.28. The monoisotopic (exact) mass is 290 g/mol. The minimum Gasteiger partial charge on any atom is -0.478 e. The molecule has 0 aliphatic heterocycles. The molecule has 1 aliphatic rings. The molecule has 0 heterocycles. The molecule has 21 heavy (non-hydrogen) atoms. The van der Waals surface area contributed by atoms with Crippen molar-refractivity contribution in [2.45, 2.75) is 32.2 Å². The Labute approximate surface area is 121 Å². The van der Waals surface area contributed by atoms with Crippen LogP contribution < -0.4 is 5.32 Å². The average molecular weight is 290 g/mol. The summed E-state index contributed by atoms with van der Waals surface area (Å²) in [6, 6.07) is 5.59. The number of carbonyl (C=O) groups excluding carboxylic acids is 1. The molecule has 0 unspecified atom stereocenters. The summed E-state index contributed by atoms with van der Waals surface area (Å²) in [4.78, 5) is 22.8. The fraction of sp³-hybridized carbons (Fsp3) is 0.400. The van der Waals surface area contributed by atoms with Gasteiger partial charge < -0.3 is 10.4 Å². The number of rotatable bonds is 4. The third-order valence-electron chi connectivity index (χ3n) is 3.85. The van der Waals surface area contributed by atoms with Gasteiger partial charge >= 0.3 is 5.97 Å². The summed E-state index contributed by atoms with van der Waals surface area (Å²) in [5, 5.41) is 20.5. The summed E-state index contributed by atoms with van der Waals surface area (Å²) in [6.45, 7) is -0.0615. The van der Waals surface area contributed by atoms with Crippen LogP contribution in [0.1, 0.15) is 41.6 Å². The van der Waals surface area contributed by atoms with Crippen LogP contribution in [0.2, 0.25) is 0 Å². The van der Waals surface area contributed by atoms with Gasteiger partial charge in [-0.1, -0.05) is 18.9 Å². The molecule has 1 saturated carbocycles. The number of halogens is 1. The number of nitrogens with one attached hydrogen (secondary N) is 1. The van der Waals surface area contributed by atoms with E-state index in [2.05, 4.69) is 11.4 Å². The first-order valence-corrected chi connectivity index (χ1v) is 6.70. The molecule has 1 amide bonds. The summed E-state index contributed by atoms with van der Waals surface area (Å²) >= 11 is 0. The van der Waals surface area contributed by atoms with Gasteiger partial charge in [0.2, 0.25) is 5.91 Å². The van der Waals surface area contributed by atoms with Crippen molar-refractivity contribution in [3.63, 3.8) is 0 Å². The third kappa shape index (κ3) is 3.02. The van der Waals surface area contributed by atoms with E-state index >= 15 is 0 Å². The second kappa shape index (κ2) is 5.92. The zero-order valence-electron chi connectivity index (χ0n) is 11.4. The number of nitrogens with zero attached hydrogens (tertiary/aromatic N) is 1. The number of carboxylic acid groups (broad SMARTS) is 1. The highest BCUT2D eigenvalue weighted by atomic mass is 19.1. The predicted molar refractivity (Wildman–Crippen MR) is 71.7 cm³/mol. The molecule has 0 radical (unpaired) electrons. The quantitative estimate of drug-likeness (QED) is 0.889. The number of benzene rings is 1. The van der Waals surface area contributed by atoms with Crippen LogP contribution in [-0.2, 0) is 11.3 Å². The van der Waals surface area contributed by atoms with E-state index in [1.165, 1.54) is 12.1 Å². The van der Waals surface area contributed by atoms with E-state index in [0.717, 1.165) is 18.9 Å². The Morgan fingerprint density at radius 1 is 1.38 bits per heavy atom. The summed E-state index contributed by atoms with van der Waals surface area (Å²) in [6.07, 6.45) is 2.72. The van der Waals surface area contributed by atoms with Crippen molar-refractivity contribution in [3.05, 3.63) is 35.1 Å². The minimum atomic E-state index is -1.21. The minimum absolute atomic E-state index is 0.0615. The molecule has 110 valence electrons. The fourth-order valence-electron chi connectivity index (χ4n) is 2.54. The Kier molecular flexibility index (Phi) is 4.22. The third-order valence-corrected chi connectivity index (χ3v) is 3.85. The molecule has 1 aromatic rings. The van der Waals surface area contributed by atoms with Crippen LogP contribution in [0.3, 0.4) is 0 Å². The smallest absolute Gasteiger partial charge is 0.335 e. The lowest BCUT2D eigenvalue weighted by atomic mass is 9.87. The van der Waals surface area contributed by atoms with Gasteiger partial charge in [-0.2, -0.15) is 5.26 Å². The van der Waals surface area contributed by atoms with Crippen molar-refractivity contribution < 1.29 is 19.1 Å². The van der Waals surface area contributed by atoms with Crippen LogP contribution in [0.4, 0.5) is 4.39 Å². The number of carbonyl (C=O) groups is 2. The van der Waals surface area contributed by atoms with Gasteiger partial charge in [-0.15, -0.1) is 0 Å². The Bertz CT molecular complexity index is 616. The summed E-state index contributed by atoms with van der Waals surface area (Å²) < 4.78 is 13.7. The molecular weight excluding hydrogens is 275 g/mol. The second-order valence-electron chi connectivity index (χ2n) is 5.20. The first kappa shape index (κ1) is 15.0. The van der Waals surface area contributed by atoms with Crippen molar-refractivity contribution in [1.29, 1.82) is 5.26 Å². The van der Waals surface area contributed by atoms with E-state index in [1.54, 1.807) is 0 Å². The van der Waals surface area contributed by atoms with Crippen LogP contribution in [0, 0.1) is 22.6 Å². The van der Waals surface area contributed by atoms with E-state index in [9.17, 15) is 19.2 Å². The standard InChI is InChI=1S/C15H15FN2O3/c16-12-7-10(13(19)20)3-4-11(12)8-18-14(21)15(9-17)5-1-2-6-15/h3-4,7H,1-2,5-6,8H2,(H,18,21)(H,19,20). The van der Waals surface area contributed by atoms with E-state index in [1.807, 2.05) is 0 Å². The lowest BCUT2D eigenvalue weighted by Gasteiger charge is -2.19. The van der Waals surface area contributed by atoms with Gasteiger partial charge in [0, 0.05) is 12.1 Å². The molecule has 1 fully saturated rings. The van der Waals surface area contributed by atoms with Crippen molar-refractivity contribution >= 4 is 11.9 Å². The van der Waals surface area contributed by atoms with Gasteiger partial charge in [0.05, 0.1) is 11.6 Å². The molecule has 6 heteroatoms. The second-order valence-corrected chi connectivity index (χ2v) is 5.20. The van der Waals surface area contributed by atoms with Gasteiger partial charge in [-0.25, -0.2) is 9.18 Å². The molecule has 0 aromatic heterocycles. The summed E-state index contributed by atoms with van der Waals surface area (Å²) in [7, 11) is 0. The van der Waals surface area contributed by atoms with Gasteiger partial charge in [0.25, 0.3) is 0 Å². The Balaban J connectivity index is 2.05. The van der Waals surface area contributed by atoms with Crippen LogP contribution in [0.25, 0.3) is 0 Å². The van der Waals surface area contributed by atoms with Crippen molar-refractivity contribution in [1.82, 2.24) is 5.32 Å². The number of nitriles is 1. The zero-order valence-corrected chi connectivity index (χ0v) is 11.4. The molecule has 0 atom stereocenters. The van der Waals surface area contributed by atoms with E-state index < -0.39 is 17.2 Å². The topological polar surface area (TPSA) is 90.2 Å². The SMILES string of the molecule is N#CC1(C(=O)NCc2ccc(C(=O)O)cc2F)CCCC1. The molecule has 1 aromatic carbocycles. The van der Waals surface area contributed by atoms with Crippen LogP contribution >= 0.6 is 0 Å². The average Bonchev–Trinajstić information content (AvgIpc) is 2.95. The predicted octanol–water partition coefficient (Wildman–Crippen LogP) is 2.22. The highest BCUT2D eigenvalue weighted by Crippen LogP contribution is 2.37. The van der Waals surface area contributed by atoms with Gasteiger partial charge in [0.15, 0.2) is 0 Å². The zero-order chi connectivity index (χ0) is 15.5. The van der Waals surface area contributed by atoms with Crippen LogP contribution in [-0.4, -0.2) is 17.0 Å². The maximum Gasteiger partial charge on any atom is 0.335 e. The molecule has 2 N–H and O–H groups in total. The van der Waals surface area contributed by atoms with Crippen LogP contribution in [0.5, 0.6) is 0 Å². The Morgan fingerprint density at radius 2 is 2.05 bits per heavy atom. The first-order valence-electron chi connectivity index (χ1n) is 6.70. The highest BCUT2D eigenvalue weighted by Gasteiger charge is 2.41. The normalized spacial score (nSPS) is 16.2. The van der Waals surface area contributed by atoms with Gasteiger partial charge in [-0.05, 0) is 25.0 Å². The Morgan fingerprint density at radius 3 is 2.57 bits per heavy atom. The van der Waals surface area contributed by atoms with Crippen molar-refractivity contribution in [3.8, 4) is 6.07 Å². The van der Waals surface area contributed by atoms with Crippen LogP contribution in [0.15, 0.2) is 18.2 Å². The first-order chi connectivity index (χ1) is 9.98. The van der Waals surface area contributed by atoms with E-state index in [0.29, 0.717) is 12.8 Å². The summed E-state index contributed by atoms with van der Waals surface area (Å²) in [5.41, 5.74) is -0.955. The molecule has 0 bridgehead atoms. The highest BCUT2D eigenvalue weighted by molar-refractivity contribution is 5.87. The van der Waals surface area contributed by atoms with Crippen molar-refractivity contribution in [2.24, 2.45) is 5.41 Å². The van der Waals surface area contributed by atoms with E-state index in [4.69, 9.17) is 5.11 Å². The van der Waals surface area contributed by atoms with Gasteiger partial charge in [0.1, 0.15) is 11.2 Å². The number of hydrogen-bond acceptors (Lipinski definition) is 3. The maximum atomic E-state index is 13.7. The molecule has 2 rings (SSSR count). The molecular formula is C15H15FN2O3. The molecule has 0 saturated heterocycles. The Hall–Kier alpha value is -2.42.